The lowest BCUT2D eigenvalue weighted by atomic mass is 10.2. The molecule has 0 fully saturated rings. The molecule has 7 heteroatoms. The van der Waals surface area contributed by atoms with Gasteiger partial charge < -0.3 is 14.0 Å². The van der Waals surface area contributed by atoms with Gasteiger partial charge in [-0.05, 0) is 34.2 Å². The molecule has 138 valence electrons. The second kappa shape index (κ2) is 8.49. The fourth-order valence-corrected chi connectivity index (χ4v) is 4.09. The first-order valence-corrected chi connectivity index (χ1v) is 13.5. The zero-order valence-corrected chi connectivity index (χ0v) is 18.6. The molecule has 3 aromatic rings. The van der Waals surface area contributed by atoms with Gasteiger partial charge in [0.25, 0.3) is 0 Å². The number of halogens is 1. The van der Waals surface area contributed by atoms with Crippen molar-refractivity contribution in [3.8, 4) is 5.88 Å². The zero-order valence-electron chi connectivity index (χ0n) is 15.4. The summed E-state index contributed by atoms with van der Waals surface area (Å²) in [4.78, 5) is 8.78. The SMILES string of the molecule is C[Si](C)(C)CCOCn1cc(I)c2c(OCc3ccccc3)ncnc21. The minimum atomic E-state index is -1.08. The van der Waals surface area contributed by atoms with E-state index in [0.29, 0.717) is 19.2 Å². The topological polar surface area (TPSA) is 49.2 Å². The van der Waals surface area contributed by atoms with Crippen LogP contribution in [0.4, 0.5) is 0 Å². The molecular weight excluding hydrogens is 457 g/mol. The summed E-state index contributed by atoms with van der Waals surface area (Å²) in [5, 5.41) is 0.942. The first-order chi connectivity index (χ1) is 12.4. The van der Waals surface area contributed by atoms with Crippen molar-refractivity contribution in [3.05, 3.63) is 52.0 Å². The van der Waals surface area contributed by atoms with Crippen molar-refractivity contribution in [2.75, 3.05) is 6.61 Å². The third kappa shape index (κ3) is 5.05. The molecule has 2 heterocycles. The van der Waals surface area contributed by atoms with E-state index in [0.717, 1.165) is 32.8 Å². The molecule has 0 atom stereocenters. The summed E-state index contributed by atoms with van der Waals surface area (Å²) in [6.45, 7) is 8.84. The molecule has 0 unspecified atom stereocenters. The van der Waals surface area contributed by atoms with E-state index < -0.39 is 8.07 Å². The standard InChI is InChI=1S/C19H24IN3O2Si/c1-26(2,3)10-9-24-14-23-11-16(20)17-18(23)21-13-22-19(17)25-12-15-7-5-4-6-8-15/h4-8,11,13H,9-10,12,14H2,1-3H3. The van der Waals surface area contributed by atoms with Crippen LogP contribution < -0.4 is 4.74 Å². The Hall–Kier alpha value is -1.45. The van der Waals surface area contributed by atoms with Gasteiger partial charge in [-0.25, -0.2) is 9.97 Å². The van der Waals surface area contributed by atoms with E-state index >= 15 is 0 Å². The molecule has 3 rings (SSSR count). The van der Waals surface area contributed by atoms with Crippen molar-refractivity contribution >= 4 is 41.7 Å². The van der Waals surface area contributed by atoms with Gasteiger partial charge in [0.15, 0.2) is 0 Å². The highest BCUT2D eigenvalue weighted by Crippen LogP contribution is 2.29. The highest BCUT2D eigenvalue weighted by atomic mass is 127. The van der Waals surface area contributed by atoms with Gasteiger partial charge in [0.1, 0.15) is 25.3 Å². The number of hydrogen-bond acceptors (Lipinski definition) is 4. The largest absolute Gasteiger partial charge is 0.472 e. The fourth-order valence-electron chi connectivity index (χ4n) is 2.53. The van der Waals surface area contributed by atoms with Crippen LogP contribution in [0, 0.1) is 3.57 Å². The van der Waals surface area contributed by atoms with Crippen LogP contribution in [-0.2, 0) is 18.1 Å². The van der Waals surface area contributed by atoms with Gasteiger partial charge in [-0.3, -0.25) is 0 Å². The Morgan fingerprint density at radius 1 is 1.12 bits per heavy atom. The predicted molar refractivity (Wildman–Crippen MR) is 115 cm³/mol. The lowest BCUT2D eigenvalue weighted by Crippen LogP contribution is -2.22. The first-order valence-electron chi connectivity index (χ1n) is 8.68. The van der Waals surface area contributed by atoms with E-state index in [4.69, 9.17) is 9.47 Å². The number of fused-ring (bicyclic) bond motifs is 1. The Labute approximate surface area is 168 Å². The summed E-state index contributed by atoms with van der Waals surface area (Å²) in [6, 6.07) is 11.3. The summed E-state index contributed by atoms with van der Waals surface area (Å²) in [7, 11) is -1.08. The lowest BCUT2D eigenvalue weighted by molar-refractivity contribution is 0.0898. The zero-order chi connectivity index (χ0) is 18.6. The molecule has 1 aromatic carbocycles. The number of nitrogens with zero attached hydrogens (tertiary/aromatic N) is 3. The smallest absolute Gasteiger partial charge is 0.227 e. The highest BCUT2D eigenvalue weighted by molar-refractivity contribution is 14.1. The Bertz CT molecular complexity index is 862. The second-order valence-electron chi connectivity index (χ2n) is 7.45. The van der Waals surface area contributed by atoms with Gasteiger partial charge in [-0.15, -0.1) is 0 Å². The molecule has 0 radical (unpaired) electrons. The normalized spacial score (nSPS) is 11.8. The maximum Gasteiger partial charge on any atom is 0.227 e. The molecule has 0 aliphatic rings. The van der Waals surface area contributed by atoms with Crippen LogP contribution in [0.25, 0.3) is 11.0 Å². The van der Waals surface area contributed by atoms with E-state index in [9.17, 15) is 0 Å². The van der Waals surface area contributed by atoms with E-state index in [-0.39, 0.29) is 0 Å². The van der Waals surface area contributed by atoms with Crippen LogP contribution in [-0.4, -0.2) is 29.2 Å². The summed E-state index contributed by atoms with van der Waals surface area (Å²) >= 11 is 2.30. The lowest BCUT2D eigenvalue weighted by Gasteiger charge is -2.15. The first kappa shape index (κ1) is 19.3. The number of benzene rings is 1. The van der Waals surface area contributed by atoms with Gasteiger partial charge in [0.2, 0.25) is 5.88 Å². The molecule has 0 N–H and O–H groups in total. The molecule has 0 bridgehead atoms. The minimum Gasteiger partial charge on any atom is -0.472 e. The van der Waals surface area contributed by atoms with Crippen LogP contribution in [0.15, 0.2) is 42.9 Å². The molecule has 0 saturated carbocycles. The van der Waals surface area contributed by atoms with Crippen molar-refractivity contribution < 1.29 is 9.47 Å². The summed E-state index contributed by atoms with van der Waals surface area (Å²) < 4.78 is 14.9. The highest BCUT2D eigenvalue weighted by Gasteiger charge is 2.16. The molecule has 2 aromatic heterocycles. The van der Waals surface area contributed by atoms with Crippen molar-refractivity contribution in [2.24, 2.45) is 0 Å². The third-order valence-electron chi connectivity index (χ3n) is 4.02. The van der Waals surface area contributed by atoms with Crippen molar-refractivity contribution in [2.45, 2.75) is 39.0 Å². The van der Waals surface area contributed by atoms with E-state index in [1.807, 2.05) is 41.1 Å². The van der Waals surface area contributed by atoms with Crippen LogP contribution in [0.1, 0.15) is 5.56 Å². The average Bonchev–Trinajstić information content (AvgIpc) is 2.94. The Morgan fingerprint density at radius 2 is 1.88 bits per heavy atom. The summed E-state index contributed by atoms with van der Waals surface area (Å²) in [6.07, 6.45) is 3.60. The molecule has 5 nitrogen and oxygen atoms in total. The molecule has 0 aliphatic carbocycles. The number of rotatable bonds is 8. The monoisotopic (exact) mass is 481 g/mol. The van der Waals surface area contributed by atoms with E-state index in [1.54, 1.807) is 6.33 Å². The van der Waals surface area contributed by atoms with Crippen LogP contribution >= 0.6 is 22.6 Å². The minimum absolute atomic E-state index is 0.487. The average molecular weight is 481 g/mol. The van der Waals surface area contributed by atoms with Crippen LogP contribution in [0.2, 0.25) is 25.7 Å². The van der Waals surface area contributed by atoms with E-state index in [1.165, 1.54) is 0 Å². The summed E-state index contributed by atoms with van der Waals surface area (Å²) in [5.74, 6) is 0.615. The maximum atomic E-state index is 5.97. The van der Waals surface area contributed by atoms with Crippen molar-refractivity contribution in [1.82, 2.24) is 14.5 Å². The fraction of sp³-hybridized carbons (Fsp3) is 0.368. The third-order valence-corrected chi connectivity index (χ3v) is 6.54. The Morgan fingerprint density at radius 3 is 2.62 bits per heavy atom. The molecule has 0 amide bonds. The Balaban J connectivity index is 1.72. The van der Waals surface area contributed by atoms with Gasteiger partial charge in [-0.2, -0.15) is 0 Å². The number of aromatic nitrogens is 3. The van der Waals surface area contributed by atoms with Crippen molar-refractivity contribution in [1.29, 1.82) is 0 Å². The maximum absolute atomic E-state index is 5.97. The van der Waals surface area contributed by atoms with Crippen LogP contribution in [0.5, 0.6) is 5.88 Å². The molecule has 0 aliphatic heterocycles. The van der Waals surface area contributed by atoms with Gasteiger partial charge in [0.05, 0.1) is 5.39 Å². The summed E-state index contributed by atoms with van der Waals surface area (Å²) in [5.41, 5.74) is 1.96. The second-order valence-corrected chi connectivity index (χ2v) is 14.2. The van der Waals surface area contributed by atoms with Gasteiger partial charge in [0, 0.05) is 24.4 Å². The van der Waals surface area contributed by atoms with Crippen LogP contribution in [0.3, 0.4) is 0 Å². The number of ether oxygens (including phenoxy) is 2. The number of hydrogen-bond donors (Lipinski definition) is 0. The predicted octanol–water partition coefficient (Wildman–Crippen LogP) is 4.93. The van der Waals surface area contributed by atoms with Crippen molar-refractivity contribution in [3.63, 3.8) is 0 Å². The molecular formula is C19H24IN3O2Si. The Kier molecular flexibility index (Phi) is 6.31. The quantitative estimate of drug-likeness (QED) is 0.260. The molecule has 0 saturated heterocycles. The molecule has 0 spiro atoms. The van der Waals surface area contributed by atoms with E-state index in [2.05, 4.69) is 52.2 Å². The molecule has 26 heavy (non-hydrogen) atoms. The van der Waals surface area contributed by atoms with Gasteiger partial charge in [-0.1, -0.05) is 50.0 Å². The van der Waals surface area contributed by atoms with Gasteiger partial charge >= 0.3 is 0 Å².